The van der Waals surface area contributed by atoms with Crippen molar-refractivity contribution >= 4 is 16.6 Å². The minimum Gasteiger partial charge on any atom is -0.497 e. The normalized spacial score (nSPS) is 22.7. The van der Waals surface area contributed by atoms with Crippen molar-refractivity contribution in [1.29, 1.82) is 0 Å². The first-order valence-corrected chi connectivity index (χ1v) is 7.45. The second-order valence-electron chi connectivity index (χ2n) is 5.86. The Morgan fingerprint density at radius 3 is 2.95 bits per heavy atom. The molecule has 3 rings (SSSR count). The van der Waals surface area contributed by atoms with Gasteiger partial charge in [-0.3, -0.25) is 0 Å². The smallest absolute Gasteiger partial charge is 0.134 e. The first kappa shape index (κ1) is 13.2. The van der Waals surface area contributed by atoms with E-state index < -0.39 is 0 Å². The van der Waals surface area contributed by atoms with Gasteiger partial charge in [0.25, 0.3) is 0 Å². The third-order valence-electron chi connectivity index (χ3n) is 4.25. The number of methoxy groups -OCH3 is 1. The number of hydrogen-bond acceptors (Lipinski definition) is 3. The fourth-order valence-electron chi connectivity index (χ4n) is 3.16. The highest BCUT2D eigenvalue weighted by Crippen LogP contribution is 2.29. The van der Waals surface area contributed by atoms with E-state index >= 15 is 0 Å². The lowest BCUT2D eigenvalue weighted by Gasteiger charge is -2.28. The molecule has 1 fully saturated rings. The molecule has 0 radical (unpaired) electrons. The van der Waals surface area contributed by atoms with E-state index in [4.69, 9.17) is 4.74 Å². The lowest BCUT2D eigenvalue weighted by Crippen LogP contribution is -2.26. The molecule has 0 aliphatic heterocycles. The van der Waals surface area contributed by atoms with Gasteiger partial charge in [-0.1, -0.05) is 19.8 Å². The summed E-state index contributed by atoms with van der Waals surface area (Å²) in [6.07, 6.45) is 7.04. The monoisotopic (exact) mass is 270 g/mol. The quantitative estimate of drug-likeness (QED) is 0.906. The third-order valence-corrected chi connectivity index (χ3v) is 4.25. The Balaban J connectivity index is 1.87. The maximum atomic E-state index is 5.29. The van der Waals surface area contributed by atoms with Gasteiger partial charge in [0.05, 0.1) is 7.11 Å². The predicted molar refractivity (Wildman–Crippen MR) is 83.3 cm³/mol. The van der Waals surface area contributed by atoms with E-state index in [0.29, 0.717) is 6.04 Å². The average molecular weight is 270 g/mol. The minimum absolute atomic E-state index is 0.555. The summed E-state index contributed by atoms with van der Waals surface area (Å²) in [6, 6.07) is 8.74. The number of benzene rings is 1. The van der Waals surface area contributed by atoms with Gasteiger partial charge >= 0.3 is 0 Å². The SMILES string of the molecule is COc1ccc2c(NC3CCCC(C)C3)nccc2c1. The van der Waals surface area contributed by atoms with Crippen LogP contribution < -0.4 is 10.1 Å². The Labute approximate surface area is 120 Å². The zero-order valence-corrected chi connectivity index (χ0v) is 12.2. The van der Waals surface area contributed by atoms with E-state index in [1.807, 2.05) is 18.3 Å². The van der Waals surface area contributed by atoms with Crippen molar-refractivity contribution in [2.45, 2.75) is 38.6 Å². The van der Waals surface area contributed by atoms with E-state index in [-0.39, 0.29) is 0 Å². The third kappa shape index (κ3) is 2.72. The molecule has 106 valence electrons. The van der Waals surface area contributed by atoms with Gasteiger partial charge in [0.15, 0.2) is 0 Å². The van der Waals surface area contributed by atoms with Crippen molar-refractivity contribution in [2.24, 2.45) is 5.92 Å². The number of hydrogen-bond donors (Lipinski definition) is 1. The van der Waals surface area contributed by atoms with Crippen LogP contribution in [0, 0.1) is 5.92 Å². The van der Waals surface area contributed by atoms with E-state index in [9.17, 15) is 0 Å². The van der Waals surface area contributed by atoms with Crippen molar-refractivity contribution in [3.8, 4) is 5.75 Å². The van der Waals surface area contributed by atoms with Gasteiger partial charge in [-0.15, -0.1) is 0 Å². The summed E-state index contributed by atoms with van der Waals surface area (Å²) in [6.45, 7) is 2.34. The van der Waals surface area contributed by atoms with Crippen molar-refractivity contribution in [1.82, 2.24) is 4.98 Å². The summed E-state index contributed by atoms with van der Waals surface area (Å²) in [5.41, 5.74) is 0. The molecule has 3 heteroatoms. The summed E-state index contributed by atoms with van der Waals surface area (Å²) >= 11 is 0. The molecule has 1 saturated carbocycles. The van der Waals surface area contributed by atoms with Crippen LogP contribution >= 0.6 is 0 Å². The number of fused-ring (bicyclic) bond motifs is 1. The van der Waals surface area contributed by atoms with Crippen LogP contribution in [0.5, 0.6) is 5.75 Å². The fourth-order valence-corrected chi connectivity index (χ4v) is 3.16. The van der Waals surface area contributed by atoms with E-state index in [1.165, 1.54) is 36.5 Å². The lowest BCUT2D eigenvalue weighted by atomic mass is 9.87. The maximum Gasteiger partial charge on any atom is 0.134 e. The van der Waals surface area contributed by atoms with Crippen LogP contribution in [0.25, 0.3) is 10.8 Å². The molecule has 1 aliphatic rings. The summed E-state index contributed by atoms with van der Waals surface area (Å²) < 4.78 is 5.29. The zero-order chi connectivity index (χ0) is 13.9. The average Bonchev–Trinajstić information content (AvgIpc) is 2.47. The van der Waals surface area contributed by atoms with Gasteiger partial charge in [0.2, 0.25) is 0 Å². The van der Waals surface area contributed by atoms with Gasteiger partial charge in [0, 0.05) is 17.6 Å². The molecular weight excluding hydrogens is 248 g/mol. The molecule has 0 saturated heterocycles. The number of nitrogens with zero attached hydrogens (tertiary/aromatic N) is 1. The molecule has 1 heterocycles. The number of anilines is 1. The Hall–Kier alpha value is -1.77. The molecule has 2 unspecified atom stereocenters. The van der Waals surface area contributed by atoms with Crippen molar-refractivity contribution < 1.29 is 4.74 Å². The molecule has 0 amide bonds. The van der Waals surface area contributed by atoms with Gasteiger partial charge in [-0.05, 0) is 48.4 Å². The zero-order valence-electron chi connectivity index (χ0n) is 12.2. The Kier molecular flexibility index (Phi) is 3.77. The predicted octanol–water partition coefficient (Wildman–Crippen LogP) is 4.23. The van der Waals surface area contributed by atoms with Gasteiger partial charge in [-0.25, -0.2) is 4.98 Å². The molecule has 1 aromatic heterocycles. The largest absolute Gasteiger partial charge is 0.497 e. The highest BCUT2D eigenvalue weighted by Gasteiger charge is 2.19. The fraction of sp³-hybridized carbons (Fsp3) is 0.471. The van der Waals surface area contributed by atoms with Crippen LogP contribution in [0.4, 0.5) is 5.82 Å². The molecular formula is C17H22N2O. The minimum atomic E-state index is 0.555. The van der Waals surface area contributed by atoms with Crippen LogP contribution in [-0.2, 0) is 0 Å². The maximum absolute atomic E-state index is 5.29. The number of pyridine rings is 1. The lowest BCUT2D eigenvalue weighted by molar-refractivity contribution is 0.358. The van der Waals surface area contributed by atoms with Crippen LogP contribution in [0.15, 0.2) is 30.5 Å². The van der Waals surface area contributed by atoms with Gasteiger partial charge < -0.3 is 10.1 Å². The highest BCUT2D eigenvalue weighted by atomic mass is 16.5. The Bertz CT molecular complexity index is 597. The molecule has 1 N–H and O–H groups in total. The number of ether oxygens (including phenoxy) is 1. The first-order valence-electron chi connectivity index (χ1n) is 7.45. The molecule has 1 aliphatic carbocycles. The molecule has 2 atom stereocenters. The van der Waals surface area contributed by atoms with E-state index in [2.05, 4.69) is 29.4 Å². The van der Waals surface area contributed by atoms with Gasteiger partial charge in [0.1, 0.15) is 11.6 Å². The second kappa shape index (κ2) is 5.70. The molecule has 3 nitrogen and oxygen atoms in total. The highest BCUT2D eigenvalue weighted by molar-refractivity contribution is 5.92. The topological polar surface area (TPSA) is 34.1 Å². The standard InChI is InChI=1S/C17H22N2O/c1-12-4-3-5-14(10-12)19-17-16-7-6-15(20-2)11-13(16)8-9-18-17/h6-9,11-12,14H,3-5,10H2,1-2H3,(H,18,19). The Morgan fingerprint density at radius 2 is 2.15 bits per heavy atom. The van der Waals surface area contributed by atoms with Crippen molar-refractivity contribution in [3.05, 3.63) is 30.5 Å². The Morgan fingerprint density at radius 1 is 1.25 bits per heavy atom. The van der Waals surface area contributed by atoms with Crippen molar-refractivity contribution in [3.63, 3.8) is 0 Å². The summed E-state index contributed by atoms with van der Waals surface area (Å²) in [7, 11) is 1.70. The summed E-state index contributed by atoms with van der Waals surface area (Å²) in [5, 5.41) is 5.98. The number of rotatable bonds is 3. The molecule has 1 aromatic carbocycles. The van der Waals surface area contributed by atoms with Gasteiger partial charge in [-0.2, -0.15) is 0 Å². The van der Waals surface area contributed by atoms with Crippen LogP contribution in [-0.4, -0.2) is 18.1 Å². The second-order valence-corrected chi connectivity index (χ2v) is 5.86. The van der Waals surface area contributed by atoms with Crippen molar-refractivity contribution in [2.75, 3.05) is 12.4 Å². The number of nitrogens with one attached hydrogen (secondary N) is 1. The van der Waals surface area contributed by atoms with Crippen LogP contribution in [0.3, 0.4) is 0 Å². The first-order chi connectivity index (χ1) is 9.76. The van der Waals surface area contributed by atoms with E-state index in [1.54, 1.807) is 7.11 Å². The van der Waals surface area contributed by atoms with E-state index in [0.717, 1.165) is 17.5 Å². The number of aromatic nitrogens is 1. The summed E-state index contributed by atoms with van der Waals surface area (Å²) in [5.74, 6) is 2.71. The molecule has 0 spiro atoms. The summed E-state index contributed by atoms with van der Waals surface area (Å²) in [4.78, 5) is 4.53. The van der Waals surface area contributed by atoms with Crippen LogP contribution in [0.1, 0.15) is 32.6 Å². The molecule has 20 heavy (non-hydrogen) atoms. The molecule has 0 bridgehead atoms. The molecule has 2 aromatic rings. The van der Waals surface area contributed by atoms with Crippen LogP contribution in [0.2, 0.25) is 0 Å².